The van der Waals surface area contributed by atoms with Crippen LogP contribution in [0.1, 0.15) is 0 Å². The number of rotatable bonds is 5. The zero-order valence-corrected chi connectivity index (χ0v) is 31.1. The van der Waals surface area contributed by atoms with Crippen molar-refractivity contribution in [1.29, 1.82) is 0 Å². The zero-order valence-electron chi connectivity index (χ0n) is 31.1. The van der Waals surface area contributed by atoms with Crippen LogP contribution in [0.25, 0.3) is 122 Å². The number of hydrogen-bond acceptors (Lipinski definition) is 5. The fourth-order valence-corrected chi connectivity index (χ4v) is 8.48. The third kappa shape index (κ3) is 5.14. The van der Waals surface area contributed by atoms with Gasteiger partial charge in [0.05, 0.1) is 28.0 Å². The summed E-state index contributed by atoms with van der Waals surface area (Å²) < 4.78 is 13.0. The van der Waals surface area contributed by atoms with Gasteiger partial charge in [0.15, 0.2) is 5.82 Å². The summed E-state index contributed by atoms with van der Waals surface area (Å²) in [6, 6.07) is 64.8. The standard InChI is InChI=1S/C53H31N3O2/c1-2-13-33(14-3-1)44-31-45(37-16-10-15-36(30-37)39-20-11-21-41-40-18-6-8-22-46(40)57-51(39)41)55-53(54-44)35-26-24-34(25-27-35)49-48-42-19-7-9-23-47(42)58-52(48)43-29-28-32-12-4-5-17-38(32)50(43)56-49/h1-31H. The van der Waals surface area contributed by atoms with Crippen molar-refractivity contribution < 1.29 is 8.83 Å². The summed E-state index contributed by atoms with van der Waals surface area (Å²) in [7, 11) is 0. The Labute approximate surface area is 332 Å². The molecule has 0 aliphatic heterocycles. The SMILES string of the molecule is c1ccc(-c2cc(-c3cccc(-c4cccc5c4oc4ccccc45)c3)nc(-c3ccc(-c4nc5c6ccccc6ccc5c5oc6ccccc6c45)cc3)n2)cc1. The molecule has 0 unspecified atom stereocenters. The summed E-state index contributed by atoms with van der Waals surface area (Å²) in [6.45, 7) is 0. The summed E-state index contributed by atoms with van der Waals surface area (Å²) in [5.74, 6) is 0.643. The molecule has 58 heavy (non-hydrogen) atoms. The van der Waals surface area contributed by atoms with Crippen LogP contribution in [0.2, 0.25) is 0 Å². The maximum absolute atomic E-state index is 6.59. The van der Waals surface area contributed by atoms with Gasteiger partial charge in [-0.15, -0.1) is 0 Å². The Balaban J connectivity index is 1.00. The van der Waals surface area contributed by atoms with E-state index >= 15 is 0 Å². The van der Waals surface area contributed by atoms with Crippen molar-refractivity contribution >= 4 is 65.6 Å². The first-order valence-corrected chi connectivity index (χ1v) is 19.4. The fraction of sp³-hybridized carbons (Fsp3) is 0. The monoisotopic (exact) mass is 741 g/mol. The van der Waals surface area contributed by atoms with E-state index in [1.807, 2.05) is 42.5 Å². The van der Waals surface area contributed by atoms with Crippen molar-refractivity contribution in [2.75, 3.05) is 0 Å². The Hall–Kier alpha value is -7.89. The summed E-state index contributed by atoms with van der Waals surface area (Å²) in [5.41, 5.74) is 12.9. The van der Waals surface area contributed by atoms with Crippen LogP contribution in [-0.4, -0.2) is 15.0 Å². The number of aromatic nitrogens is 3. The zero-order chi connectivity index (χ0) is 38.2. The van der Waals surface area contributed by atoms with Gasteiger partial charge in [-0.2, -0.15) is 0 Å². The van der Waals surface area contributed by atoms with Gasteiger partial charge in [0.1, 0.15) is 22.3 Å². The smallest absolute Gasteiger partial charge is 0.160 e. The number of nitrogens with zero attached hydrogens (tertiary/aromatic N) is 3. The Morgan fingerprint density at radius 3 is 1.81 bits per heavy atom. The third-order valence-corrected chi connectivity index (χ3v) is 11.3. The van der Waals surface area contributed by atoms with Gasteiger partial charge in [0, 0.05) is 54.7 Å². The molecule has 0 atom stereocenters. The Kier molecular flexibility index (Phi) is 7.16. The molecule has 8 aromatic carbocycles. The molecule has 270 valence electrons. The first kappa shape index (κ1) is 32.4. The lowest BCUT2D eigenvalue weighted by atomic mass is 9.98. The minimum Gasteiger partial charge on any atom is -0.455 e. The van der Waals surface area contributed by atoms with Crippen molar-refractivity contribution in [3.8, 4) is 56.3 Å². The second-order valence-electron chi connectivity index (χ2n) is 14.7. The molecule has 0 bridgehead atoms. The number of pyridine rings is 1. The highest BCUT2D eigenvalue weighted by Crippen LogP contribution is 2.42. The van der Waals surface area contributed by atoms with E-state index in [2.05, 4.69) is 146 Å². The predicted molar refractivity (Wildman–Crippen MR) is 237 cm³/mol. The molecule has 0 N–H and O–H groups in total. The van der Waals surface area contributed by atoms with E-state index in [9.17, 15) is 0 Å². The van der Waals surface area contributed by atoms with E-state index in [1.54, 1.807) is 0 Å². The van der Waals surface area contributed by atoms with Crippen LogP contribution in [0.15, 0.2) is 197 Å². The minimum atomic E-state index is 0.643. The molecule has 0 amide bonds. The summed E-state index contributed by atoms with van der Waals surface area (Å²) in [6.07, 6.45) is 0. The molecule has 0 spiro atoms. The van der Waals surface area contributed by atoms with Gasteiger partial charge < -0.3 is 8.83 Å². The van der Waals surface area contributed by atoms with Crippen LogP contribution < -0.4 is 0 Å². The highest BCUT2D eigenvalue weighted by atomic mass is 16.3. The molecule has 4 heterocycles. The van der Waals surface area contributed by atoms with Crippen LogP contribution >= 0.6 is 0 Å². The van der Waals surface area contributed by atoms with Crippen molar-refractivity contribution in [3.05, 3.63) is 188 Å². The van der Waals surface area contributed by atoms with E-state index in [0.717, 1.165) is 116 Å². The van der Waals surface area contributed by atoms with Crippen LogP contribution in [0.5, 0.6) is 0 Å². The molecule has 0 aliphatic carbocycles. The van der Waals surface area contributed by atoms with E-state index in [1.165, 1.54) is 0 Å². The first-order chi connectivity index (χ1) is 28.7. The largest absolute Gasteiger partial charge is 0.455 e. The molecule has 0 saturated carbocycles. The summed E-state index contributed by atoms with van der Waals surface area (Å²) in [4.78, 5) is 15.8. The van der Waals surface area contributed by atoms with Crippen LogP contribution in [-0.2, 0) is 0 Å². The summed E-state index contributed by atoms with van der Waals surface area (Å²) >= 11 is 0. The number of para-hydroxylation sites is 3. The van der Waals surface area contributed by atoms with E-state index in [-0.39, 0.29) is 0 Å². The highest BCUT2D eigenvalue weighted by molar-refractivity contribution is 6.22. The lowest BCUT2D eigenvalue weighted by Crippen LogP contribution is -1.96. The fourth-order valence-electron chi connectivity index (χ4n) is 8.48. The second-order valence-corrected chi connectivity index (χ2v) is 14.7. The van der Waals surface area contributed by atoms with E-state index < -0.39 is 0 Å². The van der Waals surface area contributed by atoms with Crippen molar-refractivity contribution in [2.45, 2.75) is 0 Å². The molecular weight excluding hydrogens is 711 g/mol. The Morgan fingerprint density at radius 2 is 0.966 bits per heavy atom. The molecule has 0 fully saturated rings. The molecule has 4 aromatic heterocycles. The number of furan rings is 2. The Bertz CT molecular complexity index is 3570. The lowest BCUT2D eigenvalue weighted by Gasteiger charge is -2.12. The molecule has 12 aromatic rings. The maximum Gasteiger partial charge on any atom is 0.160 e. The molecular formula is C53H31N3O2. The van der Waals surface area contributed by atoms with E-state index in [4.69, 9.17) is 23.8 Å². The van der Waals surface area contributed by atoms with Gasteiger partial charge in [0.2, 0.25) is 0 Å². The lowest BCUT2D eigenvalue weighted by molar-refractivity contribution is 0.670. The van der Waals surface area contributed by atoms with Crippen LogP contribution in [0.3, 0.4) is 0 Å². The molecule has 0 aliphatic rings. The number of fused-ring (bicyclic) bond motifs is 10. The van der Waals surface area contributed by atoms with E-state index in [0.29, 0.717) is 5.82 Å². The molecule has 5 heteroatoms. The maximum atomic E-state index is 6.59. The van der Waals surface area contributed by atoms with Gasteiger partial charge in [-0.05, 0) is 41.3 Å². The third-order valence-electron chi connectivity index (χ3n) is 11.3. The molecule has 0 radical (unpaired) electrons. The molecule has 5 nitrogen and oxygen atoms in total. The van der Waals surface area contributed by atoms with Crippen LogP contribution in [0.4, 0.5) is 0 Å². The van der Waals surface area contributed by atoms with Gasteiger partial charge in [-0.25, -0.2) is 15.0 Å². The van der Waals surface area contributed by atoms with Gasteiger partial charge in [-0.1, -0.05) is 158 Å². The summed E-state index contributed by atoms with van der Waals surface area (Å²) in [5, 5.41) is 7.51. The van der Waals surface area contributed by atoms with Crippen LogP contribution in [0, 0.1) is 0 Å². The predicted octanol–water partition coefficient (Wildman–Crippen LogP) is 14.3. The molecule has 12 rings (SSSR count). The van der Waals surface area contributed by atoms with Crippen molar-refractivity contribution in [2.24, 2.45) is 0 Å². The minimum absolute atomic E-state index is 0.643. The average Bonchev–Trinajstić information content (AvgIpc) is 3.88. The van der Waals surface area contributed by atoms with Crippen molar-refractivity contribution in [1.82, 2.24) is 15.0 Å². The van der Waals surface area contributed by atoms with Gasteiger partial charge >= 0.3 is 0 Å². The normalized spacial score (nSPS) is 11.8. The van der Waals surface area contributed by atoms with Gasteiger partial charge in [-0.3, -0.25) is 0 Å². The van der Waals surface area contributed by atoms with Crippen molar-refractivity contribution in [3.63, 3.8) is 0 Å². The topological polar surface area (TPSA) is 65.0 Å². The second kappa shape index (κ2) is 12.8. The average molecular weight is 742 g/mol. The first-order valence-electron chi connectivity index (χ1n) is 19.4. The number of benzene rings is 8. The highest BCUT2D eigenvalue weighted by Gasteiger charge is 2.20. The number of hydrogen-bond donors (Lipinski definition) is 0. The van der Waals surface area contributed by atoms with Gasteiger partial charge in [0.25, 0.3) is 0 Å². The molecule has 0 saturated heterocycles. The quantitative estimate of drug-likeness (QED) is 0.164. The Morgan fingerprint density at radius 1 is 0.345 bits per heavy atom.